The van der Waals surface area contributed by atoms with Gasteiger partial charge in [0.1, 0.15) is 11.6 Å². The first-order chi connectivity index (χ1) is 16.1. The second kappa shape index (κ2) is 11.3. The zero-order valence-corrected chi connectivity index (χ0v) is 18.3. The Morgan fingerprint density at radius 3 is 2.24 bits per heavy atom. The number of hydrogen-bond donors (Lipinski definition) is 2. The number of anilines is 1. The van der Waals surface area contributed by atoms with Crippen molar-refractivity contribution in [3.8, 4) is 0 Å². The van der Waals surface area contributed by atoms with Crippen LogP contribution in [0.25, 0.3) is 0 Å². The topological polar surface area (TPSA) is 64.7 Å². The molecule has 1 saturated heterocycles. The maximum atomic E-state index is 13.2. The number of carbonyl (C=O) groups is 2. The quantitative estimate of drug-likeness (QED) is 0.447. The van der Waals surface area contributed by atoms with E-state index in [2.05, 4.69) is 15.5 Å². The Kier molecular flexibility index (Phi) is 8.43. The lowest BCUT2D eigenvalue weighted by Crippen LogP contribution is -2.47. The third-order valence-corrected chi connectivity index (χ3v) is 5.42. The number of hydrogen-bond acceptors (Lipinski definition) is 4. The molecule has 11 heteroatoms. The van der Waals surface area contributed by atoms with Crippen LogP contribution in [-0.2, 0) is 11.0 Å². The molecule has 0 unspecified atom stereocenters. The van der Waals surface area contributed by atoms with E-state index >= 15 is 0 Å². The fourth-order valence-corrected chi connectivity index (χ4v) is 3.65. The number of carbonyl (C=O) groups excluding carboxylic acids is 2. The van der Waals surface area contributed by atoms with Crippen molar-refractivity contribution in [2.24, 2.45) is 0 Å². The number of nitrogens with zero attached hydrogens (tertiary/aromatic N) is 2. The van der Waals surface area contributed by atoms with Crippen LogP contribution in [0.15, 0.2) is 42.5 Å². The van der Waals surface area contributed by atoms with Crippen LogP contribution in [0.1, 0.15) is 22.3 Å². The highest BCUT2D eigenvalue weighted by Gasteiger charge is 2.31. The van der Waals surface area contributed by atoms with Gasteiger partial charge in [0, 0.05) is 50.0 Å². The second-order valence-electron chi connectivity index (χ2n) is 7.92. The average molecular weight is 484 g/mol. The largest absolute Gasteiger partial charge is 0.416 e. The van der Waals surface area contributed by atoms with Gasteiger partial charge in [0.2, 0.25) is 5.91 Å². The van der Waals surface area contributed by atoms with Gasteiger partial charge in [0.05, 0.1) is 12.1 Å². The highest BCUT2D eigenvalue weighted by Crippen LogP contribution is 2.31. The maximum Gasteiger partial charge on any atom is 0.416 e. The summed E-state index contributed by atoms with van der Waals surface area (Å²) in [6.07, 6.45) is -3.72. The zero-order chi connectivity index (χ0) is 24.7. The first kappa shape index (κ1) is 25.4. The summed E-state index contributed by atoms with van der Waals surface area (Å²) in [5.74, 6) is -2.96. The normalized spacial score (nSPS) is 14.7. The van der Waals surface area contributed by atoms with E-state index in [0.29, 0.717) is 57.4 Å². The Morgan fingerprint density at radius 2 is 1.59 bits per heavy atom. The number of rotatable bonds is 8. The minimum atomic E-state index is -4.37. The van der Waals surface area contributed by atoms with Gasteiger partial charge in [-0.1, -0.05) is 6.07 Å². The lowest BCUT2D eigenvalue weighted by Gasteiger charge is -2.36. The van der Waals surface area contributed by atoms with E-state index in [4.69, 9.17) is 0 Å². The molecule has 3 rings (SSSR count). The molecule has 1 aliphatic heterocycles. The lowest BCUT2D eigenvalue weighted by atomic mass is 10.1. The van der Waals surface area contributed by atoms with Gasteiger partial charge < -0.3 is 15.5 Å². The first-order valence-corrected chi connectivity index (χ1v) is 10.8. The van der Waals surface area contributed by atoms with Crippen LogP contribution >= 0.6 is 0 Å². The standard InChI is InChI=1S/C23H25F5N4O2/c24-18-11-16(12-19(25)14-18)22(34)30-15-21(33)29-5-2-6-31-7-9-32(10-8-31)20-4-1-3-17(13-20)23(26,27)28/h1,3-4,11-14H,2,5-10,15H2,(H,29,33)(H,30,34). The minimum Gasteiger partial charge on any atom is -0.369 e. The van der Waals surface area contributed by atoms with Crippen LogP contribution in [-0.4, -0.2) is 62.5 Å². The average Bonchev–Trinajstić information content (AvgIpc) is 2.79. The van der Waals surface area contributed by atoms with Crippen LogP contribution in [0.3, 0.4) is 0 Å². The van der Waals surface area contributed by atoms with Crippen molar-refractivity contribution >= 4 is 17.5 Å². The van der Waals surface area contributed by atoms with Crippen LogP contribution in [0.2, 0.25) is 0 Å². The van der Waals surface area contributed by atoms with Crippen molar-refractivity contribution in [3.05, 3.63) is 65.2 Å². The highest BCUT2D eigenvalue weighted by molar-refractivity contribution is 5.96. The molecule has 2 aromatic carbocycles. The predicted molar refractivity (Wildman–Crippen MR) is 116 cm³/mol. The lowest BCUT2D eigenvalue weighted by molar-refractivity contribution is -0.137. The van der Waals surface area contributed by atoms with E-state index in [1.54, 1.807) is 6.07 Å². The van der Waals surface area contributed by atoms with Crippen LogP contribution < -0.4 is 15.5 Å². The highest BCUT2D eigenvalue weighted by atomic mass is 19.4. The molecular formula is C23H25F5N4O2. The number of nitrogens with one attached hydrogen (secondary N) is 2. The maximum absolute atomic E-state index is 13.2. The monoisotopic (exact) mass is 484 g/mol. The Labute approximate surface area is 193 Å². The second-order valence-corrected chi connectivity index (χ2v) is 7.92. The number of piperazine rings is 1. The van der Waals surface area contributed by atoms with E-state index in [-0.39, 0.29) is 12.1 Å². The zero-order valence-electron chi connectivity index (χ0n) is 18.3. The molecular weight excluding hydrogens is 459 g/mol. The van der Waals surface area contributed by atoms with Crippen molar-refractivity contribution in [3.63, 3.8) is 0 Å². The molecule has 0 aliphatic carbocycles. The number of benzene rings is 2. The fourth-order valence-electron chi connectivity index (χ4n) is 3.65. The number of halogens is 5. The molecule has 0 spiro atoms. The molecule has 1 heterocycles. The van der Waals surface area contributed by atoms with Gasteiger partial charge in [0.25, 0.3) is 5.91 Å². The Hall–Kier alpha value is -3.21. The van der Waals surface area contributed by atoms with Crippen LogP contribution in [0, 0.1) is 11.6 Å². The molecule has 1 fully saturated rings. The summed E-state index contributed by atoms with van der Waals surface area (Å²) < 4.78 is 65.1. The number of amides is 2. The van der Waals surface area contributed by atoms with E-state index in [1.807, 2.05) is 4.90 Å². The van der Waals surface area contributed by atoms with Crippen molar-refractivity contribution in [1.82, 2.24) is 15.5 Å². The molecule has 184 valence electrons. The van der Waals surface area contributed by atoms with E-state index < -0.39 is 35.2 Å². The minimum absolute atomic E-state index is 0.213. The Balaban J connectivity index is 1.32. The molecule has 0 saturated carbocycles. The third kappa shape index (κ3) is 7.41. The molecule has 2 aromatic rings. The van der Waals surface area contributed by atoms with Gasteiger partial charge in [-0.3, -0.25) is 14.5 Å². The molecule has 1 aliphatic rings. The smallest absolute Gasteiger partial charge is 0.369 e. The van der Waals surface area contributed by atoms with Crippen molar-refractivity contribution in [1.29, 1.82) is 0 Å². The molecule has 6 nitrogen and oxygen atoms in total. The predicted octanol–water partition coefficient (Wildman–Crippen LogP) is 3.04. The SMILES string of the molecule is O=C(CNC(=O)c1cc(F)cc(F)c1)NCCCN1CCN(c2cccc(C(F)(F)F)c2)CC1. The molecule has 0 bridgehead atoms. The molecule has 2 N–H and O–H groups in total. The van der Waals surface area contributed by atoms with Crippen molar-refractivity contribution in [2.45, 2.75) is 12.6 Å². The van der Waals surface area contributed by atoms with Gasteiger partial charge in [-0.25, -0.2) is 8.78 Å². The molecule has 0 radical (unpaired) electrons. The van der Waals surface area contributed by atoms with Crippen molar-refractivity contribution in [2.75, 3.05) is 50.7 Å². The van der Waals surface area contributed by atoms with E-state index in [1.165, 1.54) is 6.07 Å². The summed E-state index contributed by atoms with van der Waals surface area (Å²) in [5, 5.41) is 4.97. The van der Waals surface area contributed by atoms with Gasteiger partial charge in [-0.2, -0.15) is 13.2 Å². The Morgan fingerprint density at radius 1 is 0.912 bits per heavy atom. The van der Waals surface area contributed by atoms with Gasteiger partial charge in [-0.05, 0) is 43.3 Å². The summed E-state index contributed by atoms with van der Waals surface area (Å²) >= 11 is 0. The first-order valence-electron chi connectivity index (χ1n) is 10.8. The van der Waals surface area contributed by atoms with Gasteiger partial charge >= 0.3 is 6.18 Å². The van der Waals surface area contributed by atoms with Gasteiger partial charge in [-0.15, -0.1) is 0 Å². The summed E-state index contributed by atoms with van der Waals surface area (Å²) in [7, 11) is 0. The summed E-state index contributed by atoms with van der Waals surface area (Å²) in [5.41, 5.74) is -0.332. The van der Waals surface area contributed by atoms with Crippen LogP contribution in [0.4, 0.5) is 27.6 Å². The summed E-state index contributed by atoms with van der Waals surface area (Å²) in [6, 6.07) is 7.70. The fraction of sp³-hybridized carbons (Fsp3) is 0.391. The molecule has 0 atom stereocenters. The van der Waals surface area contributed by atoms with Crippen LogP contribution in [0.5, 0.6) is 0 Å². The molecule has 34 heavy (non-hydrogen) atoms. The summed E-state index contributed by atoms with van der Waals surface area (Å²) in [4.78, 5) is 27.9. The summed E-state index contributed by atoms with van der Waals surface area (Å²) in [6.45, 7) is 3.31. The number of alkyl halides is 3. The van der Waals surface area contributed by atoms with E-state index in [0.717, 1.165) is 24.3 Å². The van der Waals surface area contributed by atoms with E-state index in [9.17, 15) is 31.5 Å². The molecule has 0 aromatic heterocycles. The molecule has 2 amide bonds. The van der Waals surface area contributed by atoms with Gasteiger partial charge in [0.15, 0.2) is 0 Å². The van der Waals surface area contributed by atoms with Crippen molar-refractivity contribution < 1.29 is 31.5 Å². The third-order valence-electron chi connectivity index (χ3n) is 5.42. The Bertz CT molecular complexity index is 987.